The van der Waals surface area contributed by atoms with Gasteiger partial charge < -0.3 is 0 Å². The molecule has 0 aromatic rings. The van der Waals surface area contributed by atoms with Gasteiger partial charge in [-0.15, -0.1) is 0 Å². The fourth-order valence-corrected chi connectivity index (χ4v) is 0. The standard InChI is InChI=1S/C5H13Ge/c1-5-6(2,3)4/h2,5H2,1,3-4H3. The number of hydrogen-bond donors (Lipinski definition) is 0. The van der Waals surface area contributed by atoms with E-state index in [-0.39, 0.29) is 0 Å². The summed E-state index contributed by atoms with van der Waals surface area (Å²) in [5, 5.41) is 1.35. The molecule has 0 aliphatic rings. The third-order valence-corrected chi connectivity index (χ3v) is 4.97. The van der Waals surface area contributed by atoms with Gasteiger partial charge in [0.15, 0.2) is 0 Å². The van der Waals surface area contributed by atoms with Gasteiger partial charge in [0, 0.05) is 0 Å². The van der Waals surface area contributed by atoms with Crippen LogP contribution < -0.4 is 0 Å². The van der Waals surface area contributed by atoms with Gasteiger partial charge in [-0.1, -0.05) is 0 Å². The maximum absolute atomic E-state index is 4.08. The Morgan fingerprint density at radius 1 is 1.50 bits per heavy atom. The summed E-state index contributed by atoms with van der Waals surface area (Å²) in [6.07, 6.45) is 0. The van der Waals surface area contributed by atoms with Gasteiger partial charge in [0.25, 0.3) is 0 Å². The average Bonchev–Trinajstić information content (AvgIpc) is 1.35. The molecular weight excluding hydrogens is 133 g/mol. The first-order valence-corrected chi connectivity index (χ1v) is 9.58. The summed E-state index contributed by atoms with van der Waals surface area (Å²) in [4.78, 5) is 0. The summed E-state index contributed by atoms with van der Waals surface area (Å²) in [6.45, 7) is 2.23. The van der Waals surface area contributed by atoms with E-state index in [4.69, 9.17) is 0 Å². The molecule has 0 aromatic carbocycles. The van der Waals surface area contributed by atoms with E-state index in [1.165, 1.54) is 5.25 Å². The van der Waals surface area contributed by atoms with Crippen LogP contribution in [0, 0.1) is 5.76 Å². The van der Waals surface area contributed by atoms with Crippen LogP contribution in [-0.4, -0.2) is 13.3 Å². The molecule has 0 fully saturated rings. The van der Waals surface area contributed by atoms with Crippen molar-refractivity contribution in [3.8, 4) is 0 Å². The van der Waals surface area contributed by atoms with Crippen molar-refractivity contribution < 1.29 is 0 Å². The van der Waals surface area contributed by atoms with Crippen molar-refractivity contribution in [1.82, 2.24) is 0 Å². The van der Waals surface area contributed by atoms with Crippen molar-refractivity contribution in [3.05, 3.63) is 5.76 Å². The first-order chi connectivity index (χ1) is 2.56. The van der Waals surface area contributed by atoms with Crippen molar-refractivity contribution in [2.24, 2.45) is 0 Å². The van der Waals surface area contributed by atoms with Crippen molar-refractivity contribution in [1.29, 1.82) is 0 Å². The Labute approximate surface area is 43.3 Å². The van der Waals surface area contributed by atoms with Crippen molar-refractivity contribution in [2.45, 2.75) is 23.7 Å². The quantitative estimate of drug-likeness (QED) is 0.496. The van der Waals surface area contributed by atoms with Crippen LogP contribution in [0.1, 0.15) is 6.92 Å². The van der Waals surface area contributed by atoms with Crippen LogP contribution in [0.25, 0.3) is 0 Å². The van der Waals surface area contributed by atoms with Crippen LogP contribution in [0.3, 0.4) is 0 Å². The molecule has 0 N–H and O–H groups in total. The van der Waals surface area contributed by atoms with E-state index in [2.05, 4.69) is 24.2 Å². The Balaban J connectivity index is 3.17. The molecule has 0 nitrogen and oxygen atoms in total. The van der Waals surface area contributed by atoms with Crippen LogP contribution in [0.4, 0.5) is 0 Å². The summed E-state index contributed by atoms with van der Waals surface area (Å²) in [6, 6.07) is 0. The fraction of sp³-hybridized carbons (Fsp3) is 0.800. The summed E-state index contributed by atoms with van der Waals surface area (Å²) in [5.41, 5.74) is 0. The first kappa shape index (κ1) is 6.54. The number of hydrogen-bond acceptors (Lipinski definition) is 0. The van der Waals surface area contributed by atoms with Gasteiger partial charge in [-0.2, -0.15) is 0 Å². The zero-order chi connectivity index (χ0) is 5.21. The second kappa shape index (κ2) is 2.01. The molecule has 0 aromatic heterocycles. The van der Waals surface area contributed by atoms with Crippen LogP contribution in [-0.2, 0) is 0 Å². The molecule has 0 bridgehead atoms. The molecule has 0 unspecified atom stereocenters. The first-order valence-electron chi connectivity index (χ1n) is 2.41. The molecule has 6 heavy (non-hydrogen) atoms. The molecular formula is C5H13Ge. The molecule has 0 saturated heterocycles. The Kier molecular flexibility index (Phi) is 2.19. The third kappa shape index (κ3) is 4.54. The van der Waals surface area contributed by atoms with E-state index < -0.39 is 13.3 Å². The van der Waals surface area contributed by atoms with Gasteiger partial charge in [-0.05, 0) is 0 Å². The fourth-order valence-electron chi connectivity index (χ4n) is 0. The van der Waals surface area contributed by atoms with Crippen molar-refractivity contribution in [3.63, 3.8) is 0 Å². The van der Waals surface area contributed by atoms with E-state index in [0.717, 1.165) is 0 Å². The Bertz CT molecular complexity index is 33.7. The Morgan fingerprint density at radius 2 is 1.67 bits per heavy atom. The van der Waals surface area contributed by atoms with E-state index >= 15 is 0 Å². The Morgan fingerprint density at radius 3 is 1.67 bits per heavy atom. The van der Waals surface area contributed by atoms with Crippen molar-refractivity contribution >= 4 is 13.3 Å². The monoisotopic (exact) mass is 147 g/mol. The molecule has 0 saturated carbocycles. The second-order valence-electron chi connectivity index (χ2n) is 2.52. The van der Waals surface area contributed by atoms with Gasteiger partial charge in [0.05, 0.1) is 0 Å². The van der Waals surface area contributed by atoms with Crippen LogP contribution in [0.5, 0.6) is 0 Å². The van der Waals surface area contributed by atoms with E-state index in [1.807, 2.05) is 0 Å². The van der Waals surface area contributed by atoms with Gasteiger partial charge >= 0.3 is 42.7 Å². The van der Waals surface area contributed by atoms with Crippen LogP contribution >= 0.6 is 0 Å². The van der Waals surface area contributed by atoms with E-state index in [9.17, 15) is 0 Å². The maximum atomic E-state index is 4.08. The molecule has 0 aliphatic heterocycles. The van der Waals surface area contributed by atoms with Crippen LogP contribution in [0.15, 0.2) is 0 Å². The normalized spacial score (nSPS) is 12.0. The zero-order valence-electron chi connectivity index (χ0n) is 4.91. The van der Waals surface area contributed by atoms with Gasteiger partial charge in [-0.25, -0.2) is 0 Å². The molecule has 0 rings (SSSR count). The average molecular weight is 146 g/mol. The number of rotatable bonds is 1. The molecule has 0 amide bonds. The SMILES string of the molecule is [CH2][Ge]([CH3])([CH3])[CH2]C. The molecule has 1 radical (unpaired) electrons. The molecule has 37 valence electrons. The predicted molar refractivity (Wildman–Crippen MR) is 33.3 cm³/mol. The van der Waals surface area contributed by atoms with Gasteiger partial charge in [0.2, 0.25) is 0 Å². The van der Waals surface area contributed by atoms with Gasteiger partial charge in [0.1, 0.15) is 0 Å². The van der Waals surface area contributed by atoms with Crippen LogP contribution in [0.2, 0.25) is 16.8 Å². The summed E-state index contributed by atoms with van der Waals surface area (Å²) >= 11 is -1.29. The van der Waals surface area contributed by atoms with Crippen molar-refractivity contribution in [2.75, 3.05) is 0 Å². The molecule has 1 heteroatoms. The zero-order valence-corrected chi connectivity index (χ0v) is 7.01. The van der Waals surface area contributed by atoms with E-state index in [1.54, 1.807) is 0 Å². The minimum absolute atomic E-state index is 1.29. The van der Waals surface area contributed by atoms with Gasteiger partial charge in [-0.3, -0.25) is 0 Å². The molecule has 0 heterocycles. The summed E-state index contributed by atoms with van der Waals surface area (Å²) in [5.74, 6) is 8.72. The predicted octanol–water partition coefficient (Wildman–Crippen LogP) is 2.09. The third-order valence-electron chi connectivity index (χ3n) is 0.957. The van der Waals surface area contributed by atoms with E-state index in [0.29, 0.717) is 0 Å². The molecule has 0 atom stereocenters. The molecule has 0 spiro atoms. The summed E-state index contributed by atoms with van der Waals surface area (Å²) < 4.78 is 0. The Hall–Kier alpha value is 0.543. The molecule has 0 aliphatic carbocycles. The second-order valence-corrected chi connectivity index (χ2v) is 13.1. The minimum atomic E-state index is -1.29. The summed E-state index contributed by atoms with van der Waals surface area (Å²) in [7, 11) is 0. The topological polar surface area (TPSA) is 0 Å².